The largest absolute Gasteiger partial charge is 0.395 e. The van der Waals surface area contributed by atoms with Crippen molar-refractivity contribution in [1.82, 2.24) is 10.2 Å². The van der Waals surface area contributed by atoms with Gasteiger partial charge in [-0.25, -0.2) is 0 Å². The standard InChI is InChI=1S/C6H9BrN2OS/c1-6(2,3-10)4-8-9-5(7)11-4/h10H,3H2,1-2H3. The van der Waals surface area contributed by atoms with Gasteiger partial charge in [-0.15, -0.1) is 10.2 Å². The Kier molecular flexibility index (Phi) is 2.61. The van der Waals surface area contributed by atoms with Crippen molar-refractivity contribution in [2.75, 3.05) is 6.61 Å². The Balaban J connectivity index is 2.92. The van der Waals surface area contributed by atoms with Gasteiger partial charge in [0.1, 0.15) is 5.01 Å². The van der Waals surface area contributed by atoms with Gasteiger partial charge in [0.2, 0.25) is 0 Å². The van der Waals surface area contributed by atoms with E-state index in [4.69, 9.17) is 5.11 Å². The van der Waals surface area contributed by atoms with Gasteiger partial charge in [-0.2, -0.15) is 0 Å². The number of aliphatic hydroxyl groups is 1. The van der Waals surface area contributed by atoms with Crippen LogP contribution in [0.5, 0.6) is 0 Å². The van der Waals surface area contributed by atoms with E-state index in [2.05, 4.69) is 26.1 Å². The second kappa shape index (κ2) is 3.16. The molecular formula is C6H9BrN2OS. The Hall–Kier alpha value is -0.0000000000000000833. The average Bonchev–Trinajstić information content (AvgIpc) is 2.36. The summed E-state index contributed by atoms with van der Waals surface area (Å²) in [5.74, 6) is 0. The summed E-state index contributed by atoms with van der Waals surface area (Å²) >= 11 is 4.67. The summed E-state index contributed by atoms with van der Waals surface area (Å²) in [5.41, 5.74) is -0.274. The fourth-order valence-corrected chi connectivity index (χ4v) is 1.75. The lowest BCUT2D eigenvalue weighted by Gasteiger charge is -2.16. The molecule has 0 aliphatic rings. The van der Waals surface area contributed by atoms with E-state index in [1.807, 2.05) is 13.8 Å². The molecule has 3 nitrogen and oxygen atoms in total. The lowest BCUT2D eigenvalue weighted by atomic mass is 9.96. The Labute approximate surface area is 77.6 Å². The second-order valence-corrected chi connectivity index (χ2v) is 5.16. The van der Waals surface area contributed by atoms with E-state index in [9.17, 15) is 0 Å². The van der Waals surface area contributed by atoms with E-state index in [1.165, 1.54) is 11.3 Å². The molecule has 0 bridgehead atoms. The summed E-state index contributed by atoms with van der Waals surface area (Å²) in [4.78, 5) is 0. The molecule has 62 valence electrons. The average molecular weight is 237 g/mol. The van der Waals surface area contributed by atoms with Crippen molar-refractivity contribution in [3.8, 4) is 0 Å². The molecule has 0 atom stereocenters. The van der Waals surface area contributed by atoms with Gasteiger partial charge < -0.3 is 5.11 Å². The molecule has 0 fully saturated rings. The minimum Gasteiger partial charge on any atom is -0.395 e. The molecule has 0 spiro atoms. The van der Waals surface area contributed by atoms with Crippen molar-refractivity contribution in [3.05, 3.63) is 8.92 Å². The lowest BCUT2D eigenvalue weighted by Crippen LogP contribution is -2.21. The number of halogens is 1. The molecule has 1 rings (SSSR count). The van der Waals surface area contributed by atoms with Crippen molar-refractivity contribution in [3.63, 3.8) is 0 Å². The highest BCUT2D eigenvalue weighted by Crippen LogP contribution is 2.27. The molecule has 1 heterocycles. The molecule has 0 aromatic carbocycles. The highest BCUT2D eigenvalue weighted by molar-refractivity contribution is 9.11. The first-order valence-corrected chi connectivity index (χ1v) is 4.77. The molecule has 11 heavy (non-hydrogen) atoms. The van der Waals surface area contributed by atoms with Gasteiger partial charge in [-0.05, 0) is 15.9 Å². The van der Waals surface area contributed by atoms with Crippen molar-refractivity contribution in [1.29, 1.82) is 0 Å². The van der Waals surface area contributed by atoms with E-state index >= 15 is 0 Å². The molecule has 0 aliphatic carbocycles. The first-order valence-electron chi connectivity index (χ1n) is 3.16. The highest BCUT2D eigenvalue weighted by Gasteiger charge is 2.23. The zero-order valence-electron chi connectivity index (χ0n) is 6.33. The van der Waals surface area contributed by atoms with Crippen LogP contribution in [0, 0.1) is 0 Å². The van der Waals surface area contributed by atoms with Crippen LogP contribution in [-0.4, -0.2) is 21.9 Å². The first kappa shape index (κ1) is 9.09. The maximum atomic E-state index is 8.98. The number of rotatable bonds is 2. The molecule has 1 aromatic rings. The Morgan fingerprint density at radius 3 is 2.55 bits per heavy atom. The number of aliphatic hydroxyl groups excluding tert-OH is 1. The Bertz CT molecular complexity index is 248. The highest BCUT2D eigenvalue weighted by atomic mass is 79.9. The van der Waals surface area contributed by atoms with E-state index < -0.39 is 0 Å². The topological polar surface area (TPSA) is 46.0 Å². The van der Waals surface area contributed by atoms with Crippen LogP contribution in [0.4, 0.5) is 0 Å². The quantitative estimate of drug-likeness (QED) is 0.849. The third-order valence-corrected chi connectivity index (χ3v) is 3.10. The summed E-state index contributed by atoms with van der Waals surface area (Å²) in [6.45, 7) is 3.95. The summed E-state index contributed by atoms with van der Waals surface area (Å²) in [6, 6.07) is 0. The molecule has 0 saturated heterocycles. The van der Waals surface area contributed by atoms with Crippen molar-refractivity contribution in [2.24, 2.45) is 0 Å². The third-order valence-electron chi connectivity index (χ3n) is 1.37. The summed E-state index contributed by atoms with van der Waals surface area (Å²) < 4.78 is 0.758. The minimum atomic E-state index is -0.274. The number of hydrogen-bond acceptors (Lipinski definition) is 4. The summed E-state index contributed by atoms with van der Waals surface area (Å²) in [6.07, 6.45) is 0. The molecule has 0 amide bonds. The molecule has 1 aromatic heterocycles. The fourth-order valence-electron chi connectivity index (χ4n) is 0.546. The van der Waals surface area contributed by atoms with E-state index in [0.717, 1.165) is 8.92 Å². The molecule has 0 saturated carbocycles. The monoisotopic (exact) mass is 236 g/mol. The fraction of sp³-hybridized carbons (Fsp3) is 0.667. The zero-order chi connectivity index (χ0) is 8.48. The van der Waals surface area contributed by atoms with E-state index in [1.54, 1.807) is 0 Å². The maximum absolute atomic E-state index is 8.98. The van der Waals surface area contributed by atoms with Crippen LogP contribution in [0.1, 0.15) is 18.9 Å². The number of aromatic nitrogens is 2. The normalized spacial score (nSPS) is 12.0. The molecule has 5 heteroatoms. The maximum Gasteiger partial charge on any atom is 0.183 e. The lowest BCUT2D eigenvalue weighted by molar-refractivity contribution is 0.217. The molecule has 1 N–H and O–H groups in total. The van der Waals surface area contributed by atoms with Gasteiger partial charge in [-0.1, -0.05) is 25.2 Å². The minimum absolute atomic E-state index is 0.0919. The molecule has 0 unspecified atom stereocenters. The van der Waals surface area contributed by atoms with Gasteiger partial charge in [0, 0.05) is 5.41 Å². The van der Waals surface area contributed by atoms with Crippen LogP contribution in [0.25, 0.3) is 0 Å². The van der Waals surface area contributed by atoms with Crippen LogP contribution in [0.15, 0.2) is 3.92 Å². The van der Waals surface area contributed by atoms with Crippen molar-refractivity contribution < 1.29 is 5.11 Å². The molecule has 0 aliphatic heterocycles. The predicted octanol–water partition coefficient (Wildman–Crippen LogP) is 1.57. The van der Waals surface area contributed by atoms with Crippen LogP contribution in [0.2, 0.25) is 0 Å². The van der Waals surface area contributed by atoms with Crippen LogP contribution < -0.4 is 0 Å². The first-order chi connectivity index (χ1) is 5.06. The Morgan fingerprint density at radius 1 is 1.55 bits per heavy atom. The second-order valence-electron chi connectivity index (χ2n) is 2.90. The molecule has 0 radical (unpaired) electrons. The SMILES string of the molecule is CC(C)(CO)c1nnc(Br)s1. The number of hydrogen-bond donors (Lipinski definition) is 1. The van der Waals surface area contributed by atoms with Crippen molar-refractivity contribution >= 4 is 27.3 Å². The predicted molar refractivity (Wildman–Crippen MR) is 47.7 cm³/mol. The van der Waals surface area contributed by atoms with E-state index in [-0.39, 0.29) is 12.0 Å². The van der Waals surface area contributed by atoms with Gasteiger partial charge in [0.05, 0.1) is 6.61 Å². The van der Waals surface area contributed by atoms with Crippen LogP contribution in [-0.2, 0) is 5.41 Å². The Morgan fingerprint density at radius 2 is 2.18 bits per heavy atom. The zero-order valence-corrected chi connectivity index (χ0v) is 8.74. The van der Waals surface area contributed by atoms with E-state index in [0.29, 0.717) is 0 Å². The summed E-state index contributed by atoms with van der Waals surface area (Å²) in [5, 5.41) is 17.6. The van der Waals surface area contributed by atoms with Gasteiger partial charge >= 0.3 is 0 Å². The van der Waals surface area contributed by atoms with Crippen LogP contribution in [0.3, 0.4) is 0 Å². The number of nitrogens with zero attached hydrogens (tertiary/aromatic N) is 2. The third kappa shape index (κ3) is 1.98. The molecular weight excluding hydrogens is 228 g/mol. The summed E-state index contributed by atoms with van der Waals surface area (Å²) in [7, 11) is 0. The van der Waals surface area contributed by atoms with Crippen molar-refractivity contribution in [2.45, 2.75) is 19.3 Å². The van der Waals surface area contributed by atoms with Crippen LogP contribution >= 0.6 is 27.3 Å². The smallest absolute Gasteiger partial charge is 0.183 e. The van der Waals surface area contributed by atoms with Gasteiger partial charge in [-0.3, -0.25) is 0 Å². The van der Waals surface area contributed by atoms with Gasteiger partial charge in [0.15, 0.2) is 3.92 Å². The van der Waals surface area contributed by atoms with Gasteiger partial charge in [0.25, 0.3) is 0 Å².